The molecule has 100 valence electrons. The van der Waals surface area contributed by atoms with Crippen molar-refractivity contribution in [2.75, 3.05) is 6.61 Å². The van der Waals surface area contributed by atoms with Gasteiger partial charge in [0.2, 0.25) is 0 Å². The second kappa shape index (κ2) is 6.65. The van der Waals surface area contributed by atoms with E-state index in [0.717, 1.165) is 21.3 Å². The molecule has 19 heavy (non-hydrogen) atoms. The van der Waals surface area contributed by atoms with Crippen LogP contribution in [0.2, 0.25) is 5.02 Å². The maximum Gasteiger partial charge on any atom is 0.120 e. The third-order valence-electron chi connectivity index (χ3n) is 2.70. The molecule has 0 bridgehead atoms. The van der Waals surface area contributed by atoms with Gasteiger partial charge >= 0.3 is 0 Å². The molecule has 0 aliphatic rings. The molecule has 1 unspecified atom stereocenters. The van der Waals surface area contributed by atoms with Crippen LogP contribution in [-0.2, 0) is 0 Å². The Kier molecular flexibility index (Phi) is 5.14. The summed E-state index contributed by atoms with van der Waals surface area (Å²) >= 11 is 16.0. The second-order valence-corrected chi connectivity index (χ2v) is 5.76. The van der Waals surface area contributed by atoms with E-state index in [9.17, 15) is 0 Å². The Morgan fingerprint density at radius 1 is 1.21 bits per heavy atom. The number of ether oxygens (including phenoxy) is 1. The van der Waals surface area contributed by atoms with Gasteiger partial charge < -0.3 is 4.74 Å². The van der Waals surface area contributed by atoms with E-state index < -0.39 is 0 Å². The van der Waals surface area contributed by atoms with Gasteiger partial charge in [0.1, 0.15) is 5.75 Å². The lowest BCUT2D eigenvalue weighted by Gasteiger charge is -2.14. The molecule has 2 aromatic rings. The number of halogens is 3. The molecule has 0 radical (unpaired) electrons. The fourth-order valence-corrected chi connectivity index (χ4v) is 3.06. The van der Waals surface area contributed by atoms with Crippen LogP contribution in [0.1, 0.15) is 23.4 Å². The fraction of sp³-hybridized carbons (Fsp3) is 0.200. The van der Waals surface area contributed by atoms with Crippen LogP contribution in [-0.4, -0.2) is 6.61 Å². The minimum atomic E-state index is -0.247. The third-order valence-corrected chi connectivity index (χ3v) is 4.11. The summed E-state index contributed by atoms with van der Waals surface area (Å²) in [4.78, 5) is 0. The average molecular weight is 360 g/mol. The molecule has 0 amide bonds. The molecule has 0 aliphatic carbocycles. The lowest BCUT2D eigenvalue weighted by molar-refractivity contribution is 0.340. The normalized spacial score (nSPS) is 12.2. The second-order valence-electron chi connectivity index (χ2n) is 4.03. The molecule has 0 spiro atoms. The molecule has 0 saturated carbocycles. The molecule has 2 aromatic carbocycles. The Morgan fingerprint density at radius 3 is 2.63 bits per heavy atom. The lowest BCUT2D eigenvalue weighted by Crippen LogP contribution is -1.96. The van der Waals surface area contributed by atoms with Crippen LogP contribution in [0.4, 0.5) is 0 Å². The van der Waals surface area contributed by atoms with E-state index in [1.54, 1.807) is 0 Å². The zero-order valence-corrected chi connectivity index (χ0v) is 13.5. The quantitative estimate of drug-likeness (QED) is 0.624. The first kappa shape index (κ1) is 14.7. The molecule has 2 rings (SSSR count). The monoisotopic (exact) mass is 358 g/mol. The van der Waals surface area contributed by atoms with Gasteiger partial charge in [-0.05, 0) is 42.3 Å². The minimum Gasteiger partial charge on any atom is -0.494 e. The van der Waals surface area contributed by atoms with Gasteiger partial charge in [-0.3, -0.25) is 0 Å². The predicted octanol–water partition coefficient (Wildman–Crippen LogP) is 5.83. The highest BCUT2D eigenvalue weighted by atomic mass is 79.9. The van der Waals surface area contributed by atoms with E-state index in [-0.39, 0.29) is 5.38 Å². The summed E-state index contributed by atoms with van der Waals surface area (Å²) in [6.45, 7) is 2.60. The number of hydrogen-bond acceptors (Lipinski definition) is 1. The topological polar surface area (TPSA) is 9.23 Å². The number of hydrogen-bond donors (Lipinski definition) is 0. The van der Waals surface area contributed by atoms with Gasteiger partial charge in [-0.25, -0.2) is 0 Å². The molecule has 1 atom stereocenters. The van der Waals surface area contributed by atoms with Crippen LogP contribution in [0.5, 0.6) is 5.75 Å². The summed E-state index contributed by atoms with van der Waals surface area (Å²) in [6, 6.07) is 13.4. The molecule has 4 heteroatoms. The summed E-state index contributed by atoms with van der Waals surface area (Å²) in [5.74, 6) is 0.827. The average Bonchev–Trinajstić information content (AvgIpc) is 2.38. The highest BCUT2D eigenvalue weighted by molar-refractivity contribution is 9.10. The van der Waals surface area contributed by atoms with Crippen LogP contribution < -0.4 is 4.74 Å². The molecule has 0 fully saturated rings. The van der Waals surface area contributed by atoms with E-state index in [2.05, 4.69) is 15.9 Å². The zero-order valence-electron chi connectivity index (χ0n) is 10.4. The first-order valence-corrected chi connectivity index (χ1v) is 7.54. The SMILES string of the molecule is CCOc1ccc(C(Cl)c2cccc(Cl)c2)c(Br)c1. The van der Waals surface area contributed by atoms with E-state index in [0.29, 0.717) is 11.6 Å². The van der Waals surface area contributed by atoms with Crippen LogP contribution in [0.3, 0.4) is 0 Å². The van der Waals surface area contributed by atoms with Crippen molar-refractivity contribution in [1.29, 1.82) is 0 Å². The molecular weight excluding hydrogens is 347 g/mol. The van der Waals surface area contributed by atoms with Gasteiger partial charge in [-0.1, -0.05) is 45.7 Å². The smallest absolute Gasteiger partial charge is 0.120 e. The summed E-state index contributed by atoms with van der Waals surface area (Å²) in [7, 11) is 0. The molecule has 0 aromatic heterocycles. The van der Waals surface area contributed by atoms with Crippen molar-refractivity contribution in [2.45, 2.75) is 12.3 Å². The molecule has 1 nitrogen and oxygen atoms in total. The van der Waals surface area contributed by atoms with E-state index in [1.165, 1.54) is 0 Å². The highest BCUT2D eigenvalue weighted by Crippen LogP contribution is 2.36. The van der Waals surface area contributed by atoms with E-state index >= 15 is 0 Å². The predicted molar refractivity (Wildman–Crippen MR) is 84.5 cm³/mol. The van der Waals surface area contributed by atoms with Crippen molar-refractivity contribution in [1.82, 2.24) is 0 Å². The summed E-state index contributed by atoms with van der Waals surface area (Å²) < 4.78 is 6.38. The van der Waals surface area contributed by atoms with Gasteiger partial charge in [-0.15, -0.1) is 11.6 Å². The molecule has 0 N–H and O–H groups in total. The van der Waals surface area contributed by atoms with E-state index in [1.807, 2.05) is 49.4 Å². The van der Waals surface area contributed by atoms with Crippen molar-refractivity contribution in [3.8, 4) is 5.75 Å². The molecular formula is C15H13BrCl2O. The van der Waals surface area contributed by atoms with Crippen LogP contribution in [0.25, 0.3) is 0 Å². The minimum absolute atomic E-state index is 0.247. The maximum atomic E-state index is 6.51. The number of rotatable bonds is 4. The van der Waals surface area contributed by atoms with Crippen molar-refractivity contribution in [2.24, 2.45) is 0 Å². The van der Waals surface area contributed by atoms with Crippen molar-refractivity contribution in [3.63, 3.8) is 0 Å². The van der Waals surface area contributed by atoms with Crippen LogP contribution in [0, 0.1) is 0 Å². The summed E-state index contributed by atoms with van der Waals surface area (Å²) in [5, 5.41) is 0.439. The zero-order chi connectivity index (χ0) is 13.8. The Hall–Kier alpha value is -0.700. The Bertz CT molecular complexity index is 572. The Balaban J connectivity index is 2.31. The fourth-order valence-electron chi connectivity index (χ4n) is 1.81. The number of benzene rings is 2. The Morgan fingerprint density at radius 2 is 2.00 bits per heavy atom. The summed E-state index contributed by atoms with van der Waals surface area (Å²) in [6.07, 6.45) is 0. The van der Waals surface area contributed by atoms with Crippen molar-refractivity contribution >= 4 is 39.1 Å². The molecule has 0 aliphatic heterocycles. The number of alkyl halides is 1. The highest BCUT2D eigenvalue weighted by Gasteiger charge is 2.14. The van der Waals surface area contributed by atoms with Gasteiger partial charge in [0.15, 0.2) is 0 Å². The van der Waals surface area contributed by atoms with Gasteiger partial charge in [0, 0.05) is 9.50 Å². The van der Waals surface area contributed by atoms with Gasteiger partial charge in [-0.2, -0.15) is 0 Å². The van der Waals surface area contributed by atoms with Crippen LogP contribution in [0.15, 0.2) is 46.9 Å². The van der Waals surface area contributed by atoms with Crippen molar-refractivity contribution < 1.29 is 4.74 Å². The summed E-state index contributed by atoms with van der Waals surface area (Å²) in [5.41, 5.74) is 1.96. The first-order valence-electron chi connectivity index (χ1n) is 5.93. The van der Waals surface area contributed by atoms with E-state index in [4.69, 9.17) is 27.9 Å². The Labute approximate surface area is 131 Å². The molecule has 0 heterocycles. The largest absolute Gasteiger partial charge is 0.494 e. The van der Waals surface area contributed by atoms with Gasteiger partial charge in [0.05, 0.1) is 12.0 Å². The standard InChI is InChI=1S/C15H13BrCl2O/c1-2-19-12-6-7-13(14(16)9-12)15(18)10-4-3-5-11(17)8-10/h3-9,15H,2H2,1H3. The molecule has 0 saturated heterocycles. The van der Waals surface area contributed by atoms with Crippen LogP contribution >= 0.6 is 39.1 Å². The van der Waals surface area contributed by atoms with Crippen molar-refractivity contribution in [3.05, 3.63) is 63.1 Å². The third kappa shape index (κ3) is 3.65. The maximum absolute atomic E-state index is 6.51. The first-order chi connectivity index (χ1) is 9.11. The lowest BCUT2D eigenvalue weighted by atomic mass is 10.0. The van der Waals surface area contributed by atoms with Gasteiger partial charge in [0.25, 0.3) is 0 Å².